The highest BCUT2D eigenvalue weighted by atomic mass is 19.4. The highest BCUT2D eigenvalue weighted by Crippen LogP contribution is 2.44. The number of hydrogen-bond donors (Lipinski definition) is 1. The molecule has 1 N–H and O–H groups in total. The number of rotatable bonds is 1. The number of anilines is 1. The van der Waals surface area contributed by atoms with Gasteiger partial charge in [-0.2, -0.15) is 13.2 Å². The summed E-state index contributed by atoms with van der Waals surface area (Å²) in [5, 5.41) is 10.3. The van der Waals surface area contributed by atoms with Gasteiger partial charge < -0.3 is 14.7 Å². The molecule has 2 atom stereocenters. The normalized spacial score (nSPS) is 27.0. The summed E-state index contributed by atoms with van der Waals surface area (Å²) in [4.78, 5) is 5.67. The second kappa shape index (κ2) is 6.68. The number of aliphatic hydroxyl groups is 1. The van der Waals surface area contributed by atoms with Crippen LogP contribution >= 0.6 is 0 Å². The minimum absolute atomic E-state index is 0.0152. The number of hydrogen-bond acceptors (Lipinski definition) is 4. The predicted molar refractivity (Wildman–Crippen MR) is 93.0 cm³/mol. The number of pyridine rings is 1. The van der Waals surface area contributed by atoms with E-state index in [2.05, 4.69) is 25.8 Å². The van der Waals surface area contributed by atoms with Gasteiger partial charge in [-0.05, 0) is 30.4 Å². The monoisotopic (exact) mass is 372 g/mol. The zero-order valence-corrected chi connectivity index (χ0v) is 15.5. The Kier molecular flexibility index (Phi) is 4.99. The van der Waals surface area contributed by atoms with E-state index in [1.54, 1.807) is 4.90 Å². The van der Waals surface area contributed by atoms with Gasteiger partial charge in [0.15, 0.2) is 0 Å². The Morgan fingerprint density at radius 1 is 1.23 bits per heavy atom. The minimum Gasteiger partial charge on any atom is -0.393 e. The minimum atomic E-state index is -4.42. The third-order valence-electron chi connectivity index (χ3n) is 5.52. The molecule has 2 fully saturated rings. The zero-order valence-electron chi connectivity index (χ0n) is 15.5. The predicted octanol–water partition coefficient (Wildman–Crippen LogP) is 4.03. The molecule has 0 saturated carbocycles. The summed E-state index contributed by atoms with van der Waals surface area (Å²) in [6.07, 6.45) is -1.19. The third kappa shape index (κ3) is 3.98. The van der Waals surface area contributed by atoms with E-state index in [-0.39, 0.29) is 17.3 Å². The van der Waals surface area contributed by atoms with E-state index in [0.29, 0.717) is 38.8 Å². The number of halogens is 3. The lowest BCUT2D eigenvalue weighted by Crippen LogP contribution is -2.55. The molecule has 2 saturated heterocycles. The summed E-state index contributed by atoms with van der Waals surface area (Å²) in [6, 6.07) is 2.38. The zero-order chi connectivity index (χ0) is 19.2. The Labute approximate surface area is 152 Å². The molecule has 2 aliphatic heterocycles. The lowest BCUT2D eigenvalue weighted by molar-refractivity contribution is -0.199. The van der Waals surface area contributed by atoms with Crippen LogP contribution in [0.25, 0.3) is 0 Å². The molecule has 146 valence electrons. The SMILES string of the molecule is CC(C)(C)[C@H]1C[C@@H](O)CC2(CCN(c3ncccc3C(F)(F)F)CC2)O1. The highest BCUT2D eigenvalue weighted by Gasteiger charge is 2.47. The molecule has 2 aliphatic rings. The lowest BCUT2D eigenvalue weighted by Gasteiger charge is -2.51. The van der Waals surface area contributed by atoms with Gasteiger partial charge in [-0.3, -0.25) is 0 Å². The van der Waals surface area contributed by atoms with Crippen LogP contribution in [0.3, 0.4) is 0 Å². The van der Waals surface area contributed by atoms with E-state index in [4.69, 9.17) is 4.74 Å². The molecule has 1 spiro atoms. The summed E-state index contributed by atoms with van der Waals surface area (Å²) in [5.41, 5.74) is -1.25. The van der Waals surface area contributed by atoms with Crippen molar-refractivity contribution in [3.05, 3.63) is 23.9 Å². The van der Waals surface area contributed by atoms with Crippen LogP contribution < -0.4 is 4.90 Å². The average molecular weight is 372 g/mol. The fourth-order valence-electron chi connectivity index (χ4n) is 4.01. The average Bonchev–Trinajstić information content (AvgIpc) is 2.53. The van der Waals surface area contributed by atoms with Crippen LogP contribution in [0.4, 0.5) is 19.0 Å². The summed E-state index contributed by atoms with van der Waals surface area (Å²) in [5.74, 6) is -0.0152. The molecule has 3 rings (SSSR count). The number of aromatic nitrogens is 1. The molecular weight excluding hydrogens is 345 g/mol. The maximum absolute atomic E-state index is 13.3. The second-order valence-corrected chi connectivity index (χ2v) is 8.61. The third-order valence-corrected chi connectivity index (χ3v) is 5.52. The first-order valence-electron chi connectivity index (χ1n) is 9.13. The molecule has 0 aromatic carbocycles. The van der Waals surface area contributed by atoms with Crippen LogP contribution in [0.5, 0.6) is 0 Å². The van der Waals surface area contributed by atoms with Gasteiger partial charge in [-0.1, -0.05) is 20.8 Å². The van der Waals surface area contributed by atoms with Gasteiger partial charge in [-0.15, -0.1) is 0 Å². The van der Waals surface area contributed by atoms with E-state index < -0.39 is 23.4 Å². The van der Waals surface area contributed by atoms with Crippen LogP contribution in [-0.4, -0.2) is 41.0 Å². The Hall–Kier alpha value is -1.34. The Balaban J connectivity index is 1.75. The number of alkyl halides is 3. The molecule has 0 bridgehead atoms. The van der Waals surface area contributed by atoms with Gasteiger partial charge >= 0.3 is 6.18 Å². The van der Waals surface area contributed by atoms with Crippen molar-refractivity contribution in [2.45, 2.75) is 70.4 Å². The maximum Gasteiger partial charge on any atom is 0.419 e. The largest absolute Gasteiger partial charge is 0.419 e. The van der Waals surface area contributed by atoms with E-state index >= 15 is 0 Å². The first-order valence-corrected chi connectivity index (χ1v) is 9.13. The van der Waals surface area contributed by atoms with E-state index in [1.807, 2.05) is 0 Å². The van der Waals surface area contributed by atoms with Crippen molar-refractivity contribution in [2.75, 3.05) is 18.0 Å². The summed E-state index contributed by atoms with van der Waals surface area (Å²) < 4.78 is 46.2. The number of ether oxygens (including phenoxy) is 1. The molecule has 26 heavy (non-hydrogen) atoms. The summed E-state index contributed by atoms with van der Waals surface area (Å²) in [6.45, 7) is 7.12. The summed E-state index contributed by atoms with van der Waals surface area (Å²) in [7, 11) is 0. The Morgan fingerprint density at radius 2 is 1.88 bits per heavy atom. The first-order chi connectivity index (χ1) is 12.0. The van der Waals surface area contributed by atoms with Crippen LogP contribution in [-0.2, 0) is 10.9 Å². The second-order valence-electron chi connectivity index (χ2n) is 8.61. The highest BCUT2D eigenvalue weighted by molar-refractivity contribution is 5.48. The topological polar surface area (TPSA) is 45.6 Å². The molecular formula is C19H27F3N2O2. The van der Waals surface area contributed by atoms with Gasteiger partial charge in [0.05, 0.1) is 23.4 Å². The molecule has 0 unspecified atom stereocenters. The molecule has 7 heteroatoms. The number of piperidine rings is 1. The van der Waals surface area contributed by atoms with Gasteiger partial charge in [0.1, 0.15) is 5.82 Å². The van der Waals surface area contributed by atoms with Gasteiger partial charge in [0.2, 0.25) is 0 Å². The Morgan fingerprint density at radius 3 is 2.46 bits per heavy atom. The quantitative estimate of drug-likeness (QED) is 0.809. The fraction of sp³-hybridized carbons (Fsp3) is 0.737. The van der Waals surface area contributed by atoms with Crippen LogP contribution in [0.1, 0.15) is 52.0 Å². The lowest BCUT2D eigenvalue weighted by atomic mass is 9.76. The van der Waals surface area contributed by atoms with Crippen LogP contribution in [0.15, 0.2) is 18.3 Å². The molecule has 0 radical (unpaired) electrons. The van der Waals surface area contributed by atoms with Gasteiger partial charge in [-0.25, -0.2) is 4.98 Å². The van der Waals surface area contributed by atoms with Crippen molar-refractivity contribution in [3.63, 3.8) is 0 Å². The fourth-order valence-corrected chi connectivity index (χ4v) is 4.01. The molecule has 1 aromatic heterocycles. The molecule has 0 amide bonds. The van der Waals surface area contributed by atoms with Crippen molar-refractivity contribution in [3.8, 4) is 0 Å². The molecule has 3 heterocycles. The van der Waals surface area contributed by atoms with Crippen LogP contribution in [0.2, 0.25) is 0 Å². The summed E-state index contributed by atoms with van der Waals surface area (Å²) >= 11 is 0. The van der Waals surface area contributed by atoms with E-state index in [9.17, 15) is 18.3 Å². The number of aliphatic hydroxyl groups excluding tert-OH is 1. The molecule has 1 aromatic rings. The van der Waals surface area contributed by atoms with Crippen molar-refractivity contribution in [2.24, 2.45) is 5.41 Å². The van der Waals surface area contributed by atoms with E-state index in [1.165, 1.54) is 12.3 Å². The first kappa shape index (κ1) is 19.4. The number of nitrogens with zero attached hydrogens (tertiary/aromatic N) is 2. The van der Waals surface area contributed by atoms with Gasteiger partial charge in [0, 0.05) is 32.1 Å². The van der Waals surface area contributed by atoms with Crippen molar-refractivity contribution in [1.29, 1.82) is 0 Å². The van der Waals surface area contributed by atoms with Crippen LogP contribution in [0, 0.1) is 5.41 Å². The van der Waals surface area contributed by atoms with Crippen molar-refractivity contribution >= 4 is 5.82 Å². The van der Waals surface area contributed by atoms with E-state index in [0.717, 1.165) is 6.07 Å². The standard InChI is InChI=1S/C19H27F3N2O2/c1-17(2,3)15-11-13(25)12-18(26-15)6-9-24(10-7-18)16-14(19(20,21)22)5-4-8-23-16/h4-5,8,13,15,25H,6-7,9-12H2,1-3H3/t13-,15-/m1/s1. The molecule has 4 nitrogen and oxygen atoms in total. The maximum atomic E-state index is 13.3. The van der Waals surface area contributed by atoms with Gasteiger partial charge in [0.25, 0.3) is 0 Å². The van der Waals surface area contributed by atoms with Crippen molar-refractivity contribution in [1.82, 2.24) is 4.98 Å². The smallest absolute Gasteiger partial charge is 0.393 e. The Bertz CT molecular complexity index is 634. The molecule has 0 aliphatic carbocycles. The van der Waals surface area contributed by atoms with Crippen molar-refractivity contribution < 1.29 is 23.0 Å².